The Morgan fingerprint density at radius 2 is 1.66 bits per heavy atom. The molecule has 5 nitrogen and oxygen atoms in total. The zero-order chi connectivity index (χ0) is 22.8. The molecule has 0 spiro atoms. The Balaban J connectivity index is 1.40. The largest absolute Gasteiger partial charge is 0.457 e. The molecule has 4 rings (SSSR count). The van der Waals surface area contributed by atoms with Gasteiger partial charge in [-0.1, -0.05) is 18.2 Å². The van der Waals surface area contributed by atoms with Crippen LogP contribution in [0.3, 0.4) is 0 Å². The number of nitrogens with one attached hydrogen (secondary N) is 1. The average Bonchev–Trinajstić information content (AvgIpc) is 3.14. The Hall–Kier alpha value is -3.60. The van der Waals surface area contributed by atoms with E-state index in [1.807, 2.05) is 69.3 Å². The Kier molecular flexibility index (Phi) is 5.99. The highest BCUT2D eigenvalue weighted by Crippen LogP contribution is 2.29. The van der Waals surface area contributed by atoms with Crippen molar-refractivity contribution < 1.29 is 14.3 Å². The molecule has 3 aromatic carbocycles. The normalized spacial score (nSPS) is 15.7. The lowest BCUT2D eigenvalue weighted by atomic mass is 10.1. The number of amides is 2. The van der Waals surface area contributed by atoms with Crippen molar-refractivity contribution in [2.75, 3.05) is 16.8 Å². The minimum atomic E-state index is -0.380. The Morgan fingerprint density at radius 1 is 0.969 bits per heavy atom. The van der Waals surface area contributed by atoms with Gasteiger partial charge in [-0.25, -0.2) is 0 Å². The smallest absolute Gasteiger partial charge is 0.229 e. The standard InChI is InChI=1S/C27H28N2O3/c1-17-12-18(2)14-23(13-17)29-16-21(15-26(29)30)27(31)28-22-8-10-24(11-9-22)32-25-7-5-6-19(3)20(25)4/h5-14,21H,15-16H2,1-4H3,(H,28,31)/t21-/m0/s1. The second-order valence-corrected chi connectivity index (χ2v) is 8.57. The number of anilines is 2. The second kappa shape index (κ2) is 8.87. The number of ether oxygens (including phenoxy) is 1. The van der Waals surface area contributed by atoms with Gasteiger partial charge in [-0.05, 0) is 92.4 Å². The highest BCUT2D eigenvalue weighted by atomic mass is 16.5. The SMILES string of the molecule is Cc1cc(C)cc(N2C[C@@H](C(=O)Nc3ccc(Oc4cccc(C)c4C)cc3)CC2=O)c1. The predicted molar refractivity (Wildman–Crippen MR) is 127 cm³/mol. The molecule has 1 atom stereocenters. The van der Waals surface area contributed by atoms with Crippen LogP contribution >= 0.6 is 0 Å². The Labute approximate surface area is 189 Å². The lowest BCUT2D eigenvalue weighted by Crippen LogP contribution is -2.28. The van der Waals surface area contributed by atoms with Crippen molar-refractivity contribution in [2.45, 2.75) is 34.1 Å². The van der Waals surface area contributed by atoms with Gasteiger partial charge in [0.05, 0.1) is 5.92 Å². The molecular formula is C27H28N2O3. The third-order valence-electron chi connectivity index (χ3n) is 5.92. The van der Waals surface area contributed by atoms with E-state index < -0.39 is 0 Å². The number of carbonyl (C=O) groups excluding carboxylic acids is 2. The van der Waals surface area contributed by atoms with Crippen LogP contribution in [0.2, 0.25) is 0 Å². The molecule has 0 radical (unpaired) electrons. The first-order valence-corrected chi connectivity index (χ1v) is 10.8. The molecule has 1 saturated heterocycles. The van der Waals surface area contributed by atoms with Crippen LogP contribution in [-0.4, -0.2) is 18.4 Å². The van der Waals surface area contributed by atoms with E-state index in [9.17, 15) is 9.59 Å². The summed E-state index contributed by atoms with van der Waals surface area (Å²) in [5.41, 5.74) is 6.01. The fourth-order valence-corrected chi connectivity index (χ4v) is 4.05. The minimum absolute atomic E-state index is 0.0209. The summed E-state index contributed by atoms with van der Waals surface area (Å²) in [6, 6.07) is 19.3. The monoisotopic (exact) mass is 428 g/mol. The molecule has 2 amide bonds. The van der Waals surface area contributed by atoms with Gasteiger partial charge in [0.1, 0.15) is 11.5 Å². The molecule has 3 aromatic rings. The average molecular weight is 429 g/mol. The number of hydrogen-bond acceptors (Lipinski definition) is 3. The van der Waals surface area contributed by atoms with E-state index in [4.69, 9.17) is 4.74 Å². The van der Waals surface area contributed by atoms with E-state index >= 15 is 0 Å². The third kappa shape index (κ3) is 4.67. The van der Waals surface area contributed by atoms with E-state index in [-0.39, 0.29) is 24.2 Å². The zero-order valence-corrected chi connectivity index (χ0v) is 18.9. The van der Waals surface area contributed by atoms with Gasteiger partial charge in [0, 0.05) is 24.3 Å². The molecule has 164 valence electrons. The van der Waals surface area contributed by atoms with Crippen molar-refractivity contribution in [3.05, 3.63) is 82.9 Å². The summed E-state index contributed by atoms with van der Waals surface area (Å²) in [5.74, 6) is 0.974. The van der Waals surface area contributed by atoms with E-state index in [1.165, 1.54) is 5.56 Å². The van der Waals surface area contributed by atoms with E-state index in [1.54, 1.807) is 4.90 Å². The topological polar surface area (TPSA) is 58.6 Å². The molecule has 0 unspecified atom stereocenters. The summed E-state index contributed by atoms with van der Waals surface area (Å²) in [6.45, 7) is 8.49. The Morgan fingerprint density at radius 3 is 2.34 bits per heavy atom. The van der Waals surface area contributed by atoms with Gasteiger partial charge in [-0.3, -0.25) is 9.59 Å². The van der Waals surface area contributed by atoms with Crippen LogP contribution in [0.4, 0.5) is 11.4 Å². The van der Waals surface area contributed by atoms with Crippen molar-refractivity contribution in [2.24, 2.45) is 5.92 Å². The van der Waals surface area contributed by atoms with Gasteiger partial charge in [-0.2, -0.15) is 0 Å². The lowest BCUT2D eigenvalue weighted by Gasteiger charge is -2.18. The van der Waals surface area contributed by atoms with E-state index in [0.717, 1.165) is 28.1 Å². The molecular weight excluding hydrogens is 400 g/mol. The van der Waals surface area contributed by atoms with Crippen LogP contribution in [0.25, 0.3) is 0 Å². The number of benzene rings is 3. The lowest BCUT2D eigenvalue weighted by molar-refractivity contribution is -0.122. The van der Waals surface area contributed by atoms with Crippen LogP contribution in [0, 0.1) is 33.6 Å². The summed E-state index contributed by atoms with van der Waals surface area (Å²) >= 11 is 0. The van der Waals surface area contributed by atoms with Crippen LogP contribution in [0.5, 0.6) is 11.5 Å². The summed E-state index contributed by atoms with van der Waals surface area (Å²) in [4.78, 5) is 27.1. The number of hydrogen-bond donors (Lipinski definition) is 1. The quantitative estimate of drug-likeness (QED) is 0.567. The Bertz CT molecular complexity index is 1150. The summed E-state index contributed by atoms with van der Waals surface area (Å²) in [6.07, 6.45) is 0.215. The van der Waals surface area contributed by atoms with Crippen molar-refractivity contribution in [3.8, 4) is 11.5 Å². The highest BCUT2D eigenvalue weighted by molar-refractivity contribution is 6.03. The first-order chi connectivity index (χ1) is 15.3. The molecule has 1 aliphatic heterocycles. The fourth-order valence-electron chi connectivity index (χ4n) is 4.05. The molecule has 0 aliphatic carbocycles. The molecule has 1 N–H and O–H groups in total. The van der Waals surface area contributed by atoms with Gasteiger partial charge in [0.2, 0.25) is 11.8 Å². The molecule has 1 fully saturated rings. The van der Waals surface area contributed by atoms with Gasteiger partial charge in [0.25, 0.3) is 0 Å². The zero-order valence-electron chi connectivity index (χ0n) is 18.9. The maximum Gasteiger partial charge on any atom is 0.229 e. The van der Waals surface area contributed by atoms with Gasteiger partial charge in [-0.15, -0.1) is 0 Å². The van der Waals surface area contributed by atoms with Crippen LogP contribution in [0.1, 0.15) is 28.7 Å². The van der Waals surface area contributed by atoms with E-state index in [2.05, 4.69) is 24.4 Å². The third-order valence-corrected chi connectivity index (χ3v) is 5.92. The molecule has 1 heterocycles. The van der Waals surface area contributed by atoms with E-state index in [0.29, 0.717) is 18.0 Å². The molecule has 32 heavy (non-hydrogen) atoms. The first kappa shape index (κ1) is 21.6. The van der Waals surface area contributed by atoms with Crippen molar-refractivity contribution in [1.29, 1.82) is 0 Å². The first-order valence-electron chi connectivity index (χ1n) is 10.8. The number of aryl methyl sites for hydroxylation is 3. The number of nitrogens with zero attached hydrogens (tertiary/aromatic N) is 1. The summed E-state index contributed by atoms with van der Waals surface area (Å²) < 4.78 is 5.98. The van der Waals surface area contributed by atoms with Gasteiger partial charge in [0.15, 0.2) is 0 Å². The van der Waals surface area contributed by atoms with Gasteiger partial charge < -0.3 is 15.0 Å². The van der Waals surface area contributed by atoms with Crippen LogP contribution in [-0.2, 0) is 9.59 Å². The second-order valence-electron chi connectivity index (χ2n) is 8.57. The van der Waals surface area contributed by atoms with Gasteiger partial charge >= 0.3 is 0 Å². The summed E-state index contributed by atoms with van der Waals surface area (Å²) in [5, 5.41) is 2.94. The van der Waals surface area contributed by atoms with Crippen molar-refractivity contribution in [1.82, 2.24) is 0 Å². The highest BCUT2D eigenvalue weighted by Gasteiger charge is 2.35. The molecule has 5 heteroatoms. The maximum absolute atomic E-state index is 12.8. The molecule has 0 saturated carbocycles. The van der Waals surface area contributed by atoms with Crippen molar-refractivity contribution >= 4 is 23.2 Å². The fraction of sp³-hybridized carbons (Fsp3) is 0.259. The predicted octanol–water partition coefficient (Wildman–Crippen LogP) is 5.70. The molecule has 0 aromatic heterocycles. The maximum atomic E-state index is 12.8. The van der Waals surface area contributed by atoms with Crippen molar-refractivity contribution in [3.63, 3.8) is 0 Å². The summed E-state index contributed by atoms with van der Waals surface area (Å²) in [7, 11) is 0. The molecule has 1 aliphatic rings. The number of rotatable bonds is 5. The van der Waals surface area contributed by atoms with Crippen LogP contribution < -0.4 is 15.0 Å². The number of carbonyl (C=O) groups is 2. The van der Waals surface area contributed by atoms with Crippen LogP contribution in [0.15, 0.2) is 60.7 Å². The molecule has 0 bridgehead atoms. The minimum Gasteiger partial charge on any atom is -0.457 e.